The van der Waals surface area contributed by atoms with Crippen molar-refractivity contribution in [3.05, 3.63) is 57.3 Å². The van der Waals surface area contributed by atoms with Gasteiger partial charge >= 0.3 is 0 Å². The van der Waals surface area contributed by atoms with E-state index >= 15 is 0 Å². The van der Waals surface area contributed by atoms with Crippen LogP contribution in [0.4, 0.5) is 4.39 Å². The van der Waals surface area contributed by atoms with E-state index in [2.05, 4.69) is 21.2 Å². The van der Waals surface area contributed by atoms with E-state index in [0.29, 0.717) is 16.6 Å². The molecule has 2 aromatic rings. The highest BCUT2D eigenvalue weighted by Crippen LogP contribution is 2.30. The predicted octanol–water partition coefficient (Wildman–Crippen LogP) is 5.16. The summed E-state index contributed by atoms with van der Waals surface area (Å²) in [6.45, 7) is 0.769. The Morgan fingerprint density at radius 3 is 2.70 bits per heavy atom. The van der Waals surface area contributed by atoms with Crippen molar-refractivity contribution in [2.24, 2.45) is 0 Å². The summed E-state index contributed by atoms with van der Waals surface area (Å²) in [4.78, 5) is 0. The predicted molar refractivity (Wildman–Crippen MR) is 84.4 cm³/mol. The van der Waals surface area contributed by atoms with Crippen molar-refractivity contribution in [2.75, 3.05) is 0 Å². The zero-order valence-corrected chi connectivity index (χ0v) is 13.1. The van der Waals surface area contributed by atoms with Crippen LogP contribution < -0.4 is 5.32 Å². The lowest BCUT2D eigenvalue weighted by Crippen LogP contribution is -2.15. The molecule has 104 valence electrons. The molecule has 0 heterocycles. The van der Waals surface area contributed by atoms with Gasteiger partial charge in [0.2, 0.25) is 0 Å². The van der Waals surface area contributed by atoms with E-state index in [-0.39, 0.29) is 5.82 Å². The van der Waals surface area contributed by atoms with E-state index in [0.717, 1.165) is 22.1 Å². The Morgan fingerprint density at radius 2 is 2.00 bits per heavy atom. The lowest BCUT2D eigenvalue weighted by molar-refractivity contribution is 0.631. The topological polar surface area (TPSA) is 12.0 Å². The lowest BCUT2D eigenvalue weighted by Gasteiger charge is -2.09. The summed E-state index contributed by atoms with van der Waals surface area (Å²) < 4.78 is 14.7. The number of rotatable bonds is 4. The highest BCUT2D eigenvalue weighted by atomic mass is 79.9. The van der Waals surface area contributed by atoms with Gasteiger partial charge < -0.3 is 5.32 Å². The average Bonchev–Trinajstić information content (AvgIpc) is 3.24. The molecule has 1 aliphatic rings. The highest BCUT2D eigenvalue weighted by Gasteiger charge is 2.20. The minimum atomic E-state index is -0.242. The number of hydrogen-bond acceptors (Lipinski definition) is 1. The molecule has 0 radical (unpaired) electrons. The molecule has 20 heavy (non-hydrogen) atoms. The summed E-state index contributed by atoms with van der Waals surface area (Å²) >= 11 is 9.67. The molecular weight excluding hydrogens is 341 g/mol. The maximum Gasteiger partial charge on any atom is 0.131 e. The normalized spacial score (nSPS) is 14.6. The van der Waals surface area contributed by atoms with Crippen molar-refractivity contribution in [1.82, 2.24) is 5.32 Å². The number of halogens is 3. The minimum absolute atomic E-state index is 0.242. The third-order valence-electron chi connectivity index (χ3n) is 3.45. The Balaban J connectivity index is 1.86. The molecule has 4 heteroatoms. The zero-order chi connectivity index (χ0) is 14.1. The SMILES string of the molecule is Fc1ccc(Br)cc1-c1ccc(CNC2CC2)c(Cl)c1. The van der Waals surface area contributed by atoms with Gasteiger partial charge in [0.05, 0.1) is 0 Å². The summed E-state index contributed by atoms with van der Waals surface area (Å²) in [5.74, 6) is -0.242. The van der Waals surface area contributed by atoms with E-state index < -0.39 is 0 Å². The molecule has 2 aromatic carbocycles. The van der Waals surface area contributed by atoms with E-state index in [1.807, 2.05) is 18.2 Å². The van der Waals surface area contributed by atoms with Crippen LogP contribution in [-0.2, 0) is 6.54 Å². The van der Waals surface area contributed by atoms with Gasteiger partial charge in [0.15, 0.2) is 0 Å². The maximum absolute atomic E-state index is 13.9. The molecule has 0 aromatic heterocycles. The zero-order valence-electron chi connectivity index (χ0n) is 10.8. The van der Waals surface area contributed by atoms with Gasteiger partial charge in [0.1, 0.15) is 5.82 Å². The second kappa shape index (κ2) is 5.84. The van der Waals surface area contributed by atoms with Crippen LogP contribution in [0.1, 0.15) is 18.4 Å². The van der Waals surface area contributed by atoms with Gasteiger partial charge in [-0.15, -0.1) is 0 Å². The fourth-order valence-electron chi connectivity index (χ4n) is 2.12. The molecule has 1 fully saturated rings. The van der Waals surface area contributed by atoms with Crippen molar-refractivity contribution in [2.45, 2.75) is 25.4 Å². The molecule has 1 nitrogen and oxygen atoms in total. The standard InChI is InChI=1S/C16H14BrClFN/c17-12-3-6-16(19)14(8-12)10-1-2-11(15(18)7-10)9-20-13-4-5-13/h1-3,6-8,13,20H,4-5,9H2. The van der Waals surface area contributed by atoms with Crippen molar-refractivity contribution < 1.29 is 4.39 Å². The molecule has 1 saturated carbocycles. The first kappa shape index (κ1) is 14.1. The molecule has 0 spiro atoms. The van der Waals surface area contributed by atoms with Crippen LogP contribution in [-0.4, -0.2) is 6.04 Å². The van der Waals surface area contributed by atoms with Gasteiger partial charge in [-0.25, -0.2) is 4.39 Å². The third-order valence-corrected chi connectivity index (χ3v) is 4.30. The van der Waals surface area contributed by atoms with Crippen molar-refractivity contribution in [3.63, 3.8) is 0 Å². The average molecular weight is 355 g/mol. The van der Waals surface area contributed by atoms with Crippen molar-refractivity contribution in [1.29, 1.82) is 0 Å². The van der Waals surface area contributed by atoms with E-state index in [1.165, 1.54) is 18.9 Å². The minimum Gasteiger partial charge on any atom is -0.310 e. The smallest absolute Gasteiger partial charge is 0.131 e. The quantitative estimate of drug-likeness (QED) is 0.799. The monoisotopic (exact) mass is 353 g/mol. The molecule has 0 unspecified atom stereocenters. The van der Waals surface area contributed by atoms with Crippen molar-refractivity contribution in [3.8, 4) is 11.1 Å². The van der Waals surface area contributed by atoms with Gasteiger partial charge in [-0.1, -0.05) is 39.7 Å². The summed E-state index contributed by atoms with van der Waals surface area (Å²) in [7, 11) is 0. The first-order valence-electron chi connectivity index (χ1n) is 6.61. The van der Waals surface area contributed by atoms with E-state index in [1.54, 1.807) is 12.1 Å². The Morgan fingerprint density at radius 1 is 1.20 bits per heavy atom. The van der Waals surface area contributed by atoms with Crippen LogP contribution in [0.25, 0.3) is 11.1 Å². The molecule has 0 aliphatic heterocycles. The van der Waals surface area contributed by atoms with Gasteiger partial charge in [0.25, 0.3) is 0 Å². The summed E-state index contributed by atoms with van der Waals surface area (Å²) in [5, 5.41) is 4.10. The Labute approximate surface area is 131 Å². The van der Waals surface area contributed by atoms with E-state index in [9.17, 15) is 4.39 Å². The number of benzene rings is 2. The van der Waals surface area contributed by atoms with Crippen LogP contribution in [0.2, 0.25) is 5.02 Å². The fraction of sp³-hybridized carbons (Fsp3) is 0.250. The van der Waals surface area contributed by atoms with Crippen LogP contribution in [0, 0.1) is 5.82 Å². The molecular formula is C16H14BrClFN. The third kappa shape index (κ3) is 3.22. The first-order chi connectivity index (χ1) is 9.63. The Hall–Kier alpha value is -0.900. The highest BCUT2D eigenvalue weighted by molar-refractivity contribution is 9.10. The van der Waals surface area contributed by atoms with Gasteiger partial charge in [0, 0.05) is 27.6 Å². The van der Waals surface area contributed by atoms with Gasteiger partial charge in [-0.05, 0) is 48.2 Å². The number of nitrogens with one attached hydrogen (secondary N) is 1. The van der Waals surface area contributed by atoms with E-state index in [4.69, 9.17) is 11.6 Å². The second-order valence-corrected chi connectivity index (χ2v) is 6.41. The number of hydrogen-bond donors (Lipinski definition) is 1. The molecule has 0 saturated heterocycles. The molecule has 0 bridgehead atoms. The molecule has 1 N–H and O–H groups in total. The van der Waals surface area contributed by atoms with Crippen molar-refractivity contribution >= 4 is 27.5 Å². The molecule has 1 aliphatic carbocycles. The summed E-state index contributed by atoms with van der Waals surface area (Å²) in [5.41, 5.74) is 2.41. The molecule has 0 amide bonds. The van der Waals surface area contributed by atoms with Gasteiger partial charge in [-0.3, -0.25) is 0 Å². The molecule has 0 atom stereocenters. The summed E-state index contributed by atoms with van der Waals surface area (Å²) in [6.07, 6.45) is 2.50. The van der Waals surface area contributed by atoms with Crippen LogP contribution in [0.3, 0.4) is 0 Å². The first-order valence-corrected chi connectivity index (χ1v) is 7.78. The second-order valence-electron chi connectivity index (χ2n) is 5.09. The largest absolute Gasteiger partial charge is 0.310 e. The molecule has 3 rings (SSSR count). The summed E-state index contributed by atoms with van der Waals surface area (Å²) in [6, 6.07) is 11.3. The van der Waals surface area contributed by atoms with Crippen LogP contribution in [0.15, 0.2) is 40.9 Å². The van der Waals surface area contributed by atoms with Crippen LogP contribution in [0.5, 0.6) is 0 Å². The Kier molecular flexibility index (Phi) is 4.11. The fourth-order valence-corrected chi connectivity index (χ4v) is 2.73. The van der Waals surface area contributed by atoms with Crippen LogP contribution >= 0.6 is 27.5 Å². The Bertz CT molecular complexity index is 640. The maximum atomic E-state index is 13.9. The lowest BCUT2D eigenvalue weighted by atomic mass is 10.0. The van der Waals surface area contributed by atoms with Gasteiger partial charge in [-0.2, -0.15) is 0 Å².